The van der Waals surface area contributed by atoms with Crippen molar-refractivity contribution in [1.29, 1.82) is 0 Å². The first-order valence-corrected chi connectivity index (χ1v) is 12.9. The summed E-state index contributed by atoms with van der Waals surface area (Å²) in [6, 6.07) is 8.43. The molecule has 3 rings (SSSR count). The Morgan fingerprint density at radius 1 is 1.15 bits per heavy atom. The van der Waals surface area contributed by atoms with Crippen LogP contribution in [-0.4, -0.2) is 39.7 Å². The SMILES string of the molecule is CC(=O)N[C@@H](Cc1cc(F)cc(F)c1)[C@H](O)CNC1CCS(=O)c2ccc(CC(C)(C)C)cc21. The molecule has 0 aromatic heterocycles. The number of fused-ring (bicyclic) bond motifs is 1. The second kappa shape index (κ2) is 11.1. The van der Waals surface area contributed by atoms with E-state index in [1.165, 1.54) is 24.6 Å². The Balaban J connectivity index is 1.74. The largest absolute Gasteiger partial charge is 0.390 e. The molecule has 5 nitrogen and oxygen atoms in total. The quantitative estimate of drug-likeness (QED) is 0.524. The first-order valence-electron chi connectivity index (χ1n) is 11.6. The predicted molar refractivity (Wildman–Crippen MR) is 130 cm³/mol. The highest BCUT2D eigenvalue weighted by Crippen LogP contribution is 2.32. The van der Waals surface area contributed by atoms with Crippen molar-refractivity contribution in [1.82, 2.24) is 10.6 Å². The lowest BCUT2D eigenvalue weighted by Gasteiger charge is -2.30. The maximum absolute atomic E-state index is 13.6. The lowest BCUT2D eigenvalue weighted by molar-refractivity contribution is -0.120. The Morgan fingerprint density at radius 2 is 1.82 bits per heavy atom. The number of aliphatic hydroxyl groups is 1. The molecule has 0 bridgehead atoms. The average molecular weight is 493 g/mol. The highest BCUT2D eigenvalue weighted by Gasteiger charge is 2.28. The van der Waals surface area contributed by atoms with Crippen LogP contribution in [-0.2, 0) is 28.4 Å². The van der Waals surface area contributed by atoms with Crippen LogP contribution in [0.1, 0.15) is 56.8 Å². The second-order valence-corrected chi connectivity index (χ2v) is 11.8. The Morgan fingerprint density at radius 3 is 2.44 bits per heavy atom. The van der Waals surface area contributed by atoms with Crippen LogP contribution < -0.4 is 10.6 Å². The molecular weight excluding hydrogens is 458 g/mol. The molecular formula is C26H34F2N2O3S. The number of nitrogens with one attached hydrogen (secondary N) is 2. The Bertz CT molecular complexity index is 1030. The minimum Gasteiger partial charge on any atom is -0.390 e. The number of aliphatic hydroxyl groups excluding tert-OH is 1. The monoisotopic (exact) mass is 492 g/mol. The van der Waals surface area contributed by atoms with Crippen molar-refractivity contribution >= 4 is 16.7 Å². The summed E-state index contributed by atoms with van der Waals surface area (Å²) in [7, 11) is -1.06. The summed E-state index contributed by atoms with van der Waals surface area (Å²) in [4.78, 5) is 12.5. The standard InChI is InChI=1S/C26H34F2N2O3S/c1-16(31)30-23(12-18-9-19(27)13-20(28)10-18)24(32)15-29-22-7-8-34(33)25-6-5-17(11-21(22)25)14-26(2,3)4/h5-6,9-11,13,22-24,29,32H,7-8,12,14-15H2,1-4H3,(H,30,31)/t22?,23-,24+,34?/m0/s1. The molecule has 3 N–H and O–H groups in total. The lowest BCUT2D eigenvalue weighted by Crippen LogP contribution is -2.48. The van der Waals surface area contributed by atoms with E-state index in [4.69, 9.17) is 0 Å². The average Bonchev–Trinajstić information content (AvgIpc) is 2.70. The third kappa shape index (κ3) is 7.42. The van der Waals surface area contributed by atoms with Gasteiger partial charge in [0.05, 0.1) is 22.9 Å². The van der Waals surface area contributed by atoms with E-state index >= 15 is 0 Å². The van der Waals surface area contributed by atoms with E-state index < -0.39 is 34.6 Å². The number of hydrogen-bond donors (Lipinski definition) is 3. The van der Waals surface area contributed by atoms with Gasteiger partial charge in [0.25, 0.3) is 0 Å². The van der Waals surface area contributed by atoms with Gasteiger partial charge in [-0.3, -0.25) is 9.00 Å². The van der Waals surface area contributed by atoms with Gasteiger partial charge >= 0.3 is 0 Å². The molecule has 1 aliphatic heterocycles. The molecule has 1 amide bonds. The van der Waals surface area contributed by atoms with Crippen molar-refractivity contribution in [3.63, 3.8) is 0 Å². The predicted octanol–water partition coefficient (Wildman–Crippen LogP) is 3.80. The van der Waals surface area contributed by atoms with Gasteiger partial charge in [0.1, 0.15) is 11.6 Å². The molecule has 1 heterocycles. The van der Waals surface area contributed by atoms with Gasteiger partial charge in [-0.05, 0) is 59.6 Å². The van der Waals surface area contributed by atoms with Crippen LogP contribution in [0.2, 0.25) is 0 Å². The summed E-state index contributed by atoms with van der Waals surface area (Å²) in [6.45, 7) is 8.00. The van der Waals surface area contributed by atoms with Crippen molar-refractivity contribution in [2.45, 2.75) is 70.0 Å². The fourth-order valence-corrected chi connectivity index (χ4v) is 5.79. The number of amides is 1. The fraction of sp³-hybridized carbons (Fsp3) is 0.500. The first kappa shape index (κ1) is 26.4. The number of carbonyl (C=O) groups is 1. The van der Waals surface area contributed by atoms with Gasteiger partial charge in [-0.25, -0.2) is 8.78 Å². The molecule has 186 valence electrons. The van der Waals surface area contributed by atoms with Gasteiger partial charge in [0, 0.05) is 36.2 Å². The summed E-state index contributed by atoms with van der Waals surface area (Å²) in [5.74, 6) is -1.23. The zero-order chi connectivity index (χ0) is 25.0. The Labute approximate surface area is 202 Å². The van der Waals surface area contributed by atoms with Crippen LogP contribution in [0.25, 0.3) is 0 Å². The Hall–Kier alpha value is -2.16. The maximum Gasteiger partial charge on any atom is 0.217 e. The van der Waals surface area contributed by atoms with Crippen LogP contribution in [0.15, 0.2) is 41.3 Å². The topological polar surface area (TPSA) is 78.4 Å². The van der Waals surface area contributed by atoms with Crippen LogP contribution >= 0.6 is 0 Å². The van der Waals surface area contributed by atoms with Crippen LogP contribution in [0.5, 0.6) is 0 Å². The third-order valence-corrected chi connectivity index (χ3v) is 7.29. The lowest BCUT2D eigenvalue weighted by atomic mass is 9.87. The molecule has 2 aromatic carbocycles. The minimum atomic E-state index is -1.06. The zero-order valence-corrected chi connectivity index (χ0v) is 21.0. The van der Waals surface area contributed by atoms with Gasteiger partial charge in [-0.15, -0.1) is 0 Å². The van der Waals surface area contributed by atoms with E-state index in [-0.39, 0.29) is 30.3 Å². The van der Waals surface area contributed by atoms with Crippen LogP contribution in [0.3, 0.4) is 0 Å². The van der Waals surface area contributed by atoms with E-state index in [1.807, 2.05) is 12.1 Å². The van der Waals surface area contributed by atoms with Crippen molar-refractivity contribution in [2.24, 2.45) is 5.41 Å². The van der Waals surface area contributed by atoms with E-state index in [2.05, 4.69) is 37.5 Å². The van der Waals surface area contributed by atoms with Gasteiger partial charge in [-0.2, -0.15) is 0 Å². The number of rotatable bonds is 8. The molecule has 1 aliphatic rings. The van der Waals surface area contributed by atoms with Crippen molar-refractivity contribution in [3.8, 4) is 0 Å². The van der Waals surface area contributed by atoms with E-state index in [0.717, 1.165) is 22.9 Å². The minimum absolute atomic E-state index is 0.0815. The summed E-state index contributed by atoms with van der Waals surface area (Å²) in [6.07, 6.45) is 0.629. The molecule has 0 aliphatic carbocycles. The molecule has 0 radical (unpaired) electrons. The fourth-order valence-electron chi connectivity index (χ4n) is 4.43. The molecule has 0 fully saturated rings. The summed E-state index contributed by atoms with van der Waals surface area (Å²) >= 11 is 0. The van der Waals surface area contributed by atoms with Crippen molar-refractivity contribution in [2.75, 3.05) is 12.3 Å². The van der Waals surface area contributed by atoms with Gasteiger partial charge in [0.2, 0.25) is 5.91 Å². The van der Waals surface area contributed by atoms with E-state index in [9.17, 15) is 22.9 Å². The number of halogens is 2. The second-order valence-electron chi connectivity index (χ2n) is 10.3. The van der Waals surface area contributed by atoms with E-state index in [1.54, 1.807) is 0 Å². The van der Waals surface area contributed by atoms with Crippen LogP contribution in [0, 0.1) is 17.0 Å². The number of benzene rings is 2. The first-order chi connectivity index (χ1) is 15.9. The van der Waals surface area contributed by atoms with Crippen molar-refractivity contribution in [3.05, 3.63) is 64.7 Å². The molecule has 0 saturated carbocycles. The number of hydrogen-bond acceptors (Lipinski definition) is 4. The molecule has 8 heteroatoms. The number of carbonyl (C=O) groups excluding carboxylic acids is 1. The highest BCUT2D eigenvalue weighted by molar-refractivity contribution is 7.85. The maximum atomic E-state index is 13.6. The van der Waals surface area contributed by atoms with Gasteiger partial charge < -0.3 is 15.7 Å². The summed E-state index contributed by atoms with van der Waals surface area (Å²) in [5.41, 5.74) is 2.60. The third-order valence-electron chi connectivity index (χ3n) is 5.83. The van der Waals surface area contributed by atoms with Gasteiger partial charge in [0.15, 0.2) is 0 Å². The summed E-state index contributed by atoms with van der Waals surface area (Å²) < 4.78 is 39.8. The molecule has 4 atom stereocenters. The highest BCUT2D eigenvalue weighted by atomic mass is 32.2. The van der Waals surface area contributed by atoms with Crippen LogP contribution in [0.4, 0.5) is 8.78 Å². The van der Waals surface area contributed by atoms with E-state index in [0.29, 0.717) is 17.7 Å². The molecule has 2 aromatic rings. The molecule has 2 unspecified atom stereocenters. The van der Waals surface area contributed by atoms with Gasteiger partial charge in [-0.1, -0.05) is 32.9 Å². The van der Waals surface area contributed by atoms with Crippen molar-refractivity contribution < 1.29 is 22.9 Å². The molecule has 34 heavy (non-hydrogen) atoms. The smallest absolute Gasteiger partial charge is 0.217 e. The summed E-state index contributed by atoms with van der Waals surface area (Å²) in [5, 5.41) is 16.9. The molecule has 0 spiro atoms. The zero-order valence-electron chi connectivity index (χ0n) is 20.2. The normalized spacial score (nSPS) is 19.9. The Kier molecular flexibility index (Phi) is 8.60. The molecule has 0 saturated heterocycles.